The van der Waals surface area contributed by atoms with Crippen LogP contribution in [0.2, 0.25) is 0 Å². The first-order chi connectivity index (χ1) is 33.9. The third kappa shape index (κ3) is 12.8. The number of hydrogen-bond acceptors (Lipinski definition) is 5. The minimum Gasteiger partial charge on any atom is -0.337 e. The van der Waals surface area contributed by atoms with Crippen molar-refractivity contribution >= 4 is 88.1 Å². The quantitative estimate of drug-likeness (QED) is 0.0291. The van der Waals surface area contributed by atoms with Crippen molar-refractivity contribution in [2.24, 2.45) is 0 Å². The van der Waals surface area contributed by atoms with E-state index in [1.807, 2.05) is 28.1 Å². The summed E-state index contributed by atoms with van der Waals surface area (Å²) >= 11 is 5.42. The average Bonchev–Trinajstić information content (AvgIpc) is 4.22. The molecule has 8 heteroatoms. The van der Waals surface area contributed by atoms with Crippen LogP contribution < -0.4 is 0 Å². The highest BCUT2D eigenvalue weighted by molar-refractivity contribution is 7.26. The van der Waals surface area contributed by atoms with Gasteiger partial charge in [0.05, 0.1) is 47.5 Å². The molecule has 5 aromatic heterocycles. The van der Waals surface area contributed by atoms with Gasteiger partial charge in [-0.25, -0.2) is 0 Å². The van der Waals surface area contributed by atoms with Crippen molar-refractivity contribution in [2.75, 3.05) is 0 Å². The second kappa shape index (κ2) is 27.8. The molecule has 1 aromatic carbocycles. The van der Waals surface area contributed by atoms with Crippen molar-refractivity contribution in [1.29, 1.82) is 0 Å². The fourth-order valence-corrected chi connectivity index (χ4v) is 15.2. The summed E-state index contributed by atoms with van der Waals surface area (Å²) in [4.78, 5) is 32.3. The summed E-state index contributed by atoms with van der Waals surface area (Å²) in [5, 5.41) is 7.14. The summed E-state index contributed by atoms with van der Waals surface area (Å²) in [5.41, 5.74) is 6.83. The van der Waals surface area contributed by atoms with E-state index in [2.05, 4.69) is 80.3 Å². The van der Waals surface area contributed by atoms with Crippen molar-refractivity contribution in [3.05, 3.63) is 46.2 Å². The summed E-state index contributed by atoms with van der Waals surface area (Å²) in [7, 11) is 0. The normalized spacial score (nSPS) is 13.7. The first kappa shape index (κ1) is 53.8. The largest absolute Gasteiger partial charge is 0.337 e. The van der Waals surface area contributed by atoms with Crippen molar-refractivity contribution in [3.63, 3.8) is 0 Å². The third-order valence-electron chi connectivity index (χ3n) is 15.9. The van der Waals surface area contributed by atoms with Crippen molar-refractivity contribution in [1.82, 2.24) is 14.0 Å². The molecule has 7 rings (SSSR count). The summed E-state index contributed by atoms with van der Waals surface area (Å²) in [5.74, 6) is -0.167. The van der Waals surface area contributed by atoms with Gasteiger partial charge in [0.1, 0.15) is 0 Å². The highest BCUT2D eigenvalue weighted by Crippen LogP contribution is 2.49. The van der Waals surface area contributed by atoms with Crippen LogP contribution in [0.1, 0.15) is 280 Å². The Morgan fingerprint density at radius 1 is 0.449 bits per heavy atom. The van der Waals surface area contributed by atoms with Gasteiger partial charge in [-0.05, 0) is 68.2 Å². The zero-order chi connectivity index (χ0) is 48.5. The molecule has 0 saturated carbocycles. The van der Waals surface area contributed by atoms with Crippen LogP contribution in [-0.4, -0.2) is 31.9 Å². The van der Waals surface area contributed by atoms with Crippen molar-refractivity contribution in [2.45, 2.75) is 265 Å². The van der Waals surface area contributed by atoms with Gasteiger partial charge in [0.15, 0.2) is 0 Å². The highest BCUT2D eigenvalue weighted by Gasteiger charge is 2.42. The molecule has 0 fully saturated rings. The number of amides is 2. The zero-order valence-electron chi connectivity index (χ0n) is 44.2. The van der Waals surface area contributed by atoms with E-state index in [0.717, 1.165) is 35.4 Å². The van der Waals surface area contributed by atoms with E-state index in [0.29, 0.717) is 23.2 Å². The van der Waals surface area contributed by atoms with E-state index in [9.17, 15) is 9.59 Å². The molecule has 1 aliphatic rings. The Labute approximate surface area is 430 Å². The third-order valence-corrected chi connectivity index (χ3v) is 19.2. The number of benzene rings is 1. The highest BCUT2D eigenvalue weighted by atomic mass is 32.1. The molecule has 0 spiro atoms. The number of hydrogen-bond donors (Lipinski definition) is 0. The monoisotopic (exact) mass is 994 g/mol. The maximum atomic E-state index is 14.5. The lowest BCUT2D eigenvalue weighted by molar-refractivity contribution is 0.0570. The molecule has 0 radical (unpaired) electrons. The molecule has 0 saturated heterocycles. The lowest BCUT2D eigenvalue weighted by Gasteiger charge is -2.25. The molecule has 1 unspecified atom stereocenters. The van der Waals surface area contributed by atoms with Crippen molar-refractivity contribution < 1.29 is 9.59 Å². The second-order valence-corrected chi connectivity index (χ2v) is 24.0. The molecule has 1 aliphatic heterocycles. The molecule has 2 amide bonds. The minimum absolute atomic E-state index is 0.0464. The van der Waals surface area contributed by atoms with E-state index in [1.54, 1.807) is 16.2 Å². The van der Waals surface area contributed by atoms with Gasteiger partial charge in [-0.1, -0.05) is 208 Å². The molecular weight excluding hydrogens is 903 g/mol. The van der Waals surface area contributed by atoms with Gasteiger partial charge in [0.2, 0.25) is 0 Å². The van der Waals surface area contributed by atoms with Crippen LogP contribution in [0.3, 0.4) is 0 Å². The molecule has 5 nitrogen and oxygen atoms in total. The first-order valence-electron chi connectivity index (χ1n) is 28.9. The Hall–Kier alpha value is -2.94. The zero-order valence-corrected chi connectivity index (χ0v) is 46.7. The van der Waals surface area contributed by atoms with Crippen LogP contribution in [0, 0.1) is 0 Å². The topological polar surface area (TPSA) is 47.2 Å². The maximum absolute atomic E-state index is 14.5. The molecule has 69 heavy (non-hydrogen) atoms. The number of unbranched alkanes of at least 4 members (excludes halogenated alkanes) is 21. The van der Waals surface area contributed by atoms with E-state index in [1.165, 1.54) is 222 Å². The van der Waals surface area contributed by atoms with Crippen molar-refractivity contribution in [3.8, 4) is 9.75 Å². The van der Waals surface area contributed by atoms with E-state index < -0.39 is 0 Å². The van der Waals surface area contributed by atoms with E-state index in [-0.39, 0.29) is 17.9 Å². The first-order valence-corrected chi connectivity index (χ1v) is 31.5. The molecule has 0 aliphatic carbocycles. The smallest absolute Gasteiger partial charge is 0.263 e. The molecule has 1 atom stereocenters. The molecule has 6 aromatic rings. The van der Waals surface area contributed by atoms with Gasteiger partial charge >= 0.3 is 0 Å². The van der Waals surface area contributed by atoms with Gasteiger partial charge in [-0.2, -0.15) is 0 Å². The van der Waals surface area contributed by atoms with Crippen LogP contribution in [0.5, 0.6) is 0 Å². The van der Waals surface area contributed by atoms with Crippen LogP contribution in [-0.2, 0) is 0 Å². The Bertz CT molecular complexity index is 2460. The van der Waals surface area contributed by atoms with Gasteiger partial charge in [-0.3, -0.25) is 14.5 Å². The van der Waals surface area contributed by atoms with E-state index in [4.69, 9.17) is 0 Å². The van der Waals surface area contributed by atoms with Gasteiger partial charge < -0.3 is 9.13 Å². The second-order valence-electron chi connectivity index (χ2n) is 21.2. The number of thiophene rings is 3. The Balaban J connectivity index is 1.35. The molecule has 380 valence electrons. The number of nitrogens with zero attached hydrogens (tertiary/aromatic N) is 3. The number of carbonyl (C=O) groups excluding carboxylic acids is 2. The van der Waals surface area contributed by atoms with E-state index >= 15 is 0 Å². The van der Waals surface area contributed by atoms with Crippen LogP contribution in [0.15, 0.2) is 35.0 Å². The Morgan fingerprint density at radius 3 is 1.39 bits per heavy atom. The summed E-state index contributed by atoms with van der Waals surface area (Å²) in [6, 6.07) is 11.0. The molecule has 0 bridgehead atoms. The lowest BCUT2D eigenvalue weighted by Crippen LogP contribution is -2.39. The van der Waals surface area contributed by atoms with Crippen LogP contribution in [0.4, 0.5) is 0 Å². The fourth-order valence-electron chi connectivity index (χ4n) is 11.9. The predicted molar refractivity (Wildman–Crippen MR) is 306 cm³/mol. The molecule has 6 heterocycles. The predicted octanol–water partition coefficient (Wildman–Crippen LogP) is 21.4. The number of fused-ring (bicyclic) bond motifs is 7. The summed E-state index contributed by atoms with van der Waals surface area (Å²) in [6.07, 6.45) is 40.3. The van der Waals surface area contributed by atoms with Crippen LogP contribution in [0.25, 0.3) is 52.0 Å². The average molecular weight is 995 g/mol. The summed E-state index contributed by atoms with van der Waals surface area (Å²) < 4.78 is 8.42. The van der Waals surface area contributed by atoms with Gasteiger partial charge in [0, 0.05) is 39.2 Å². The van der Waals surface area contributed by atoms with Gasteiger partial charge in [-0.15, -0.1) is 34.0 Å². The minimum atomic E-state index is -0.0888. The molecular formula is C61H91N3O2S3. The lowest BCUT2D eigenvalue weighted by atomic mass is 9.99. The number of carbonyl (C=O) groups is 2. The SMILES string of the molecule is CCCCCCCCC(CCCCCCCC)n1c2cc3c4sc(-c5scc6c5C(=O)N(C(CC)CCCC)C6=O)cc4n(C(CCCCCCCC)CCCCCCCC)c3cc2c2sccc21. The van der Waals surface area contributed by atoms with Gasteiger partial charge in [0.25, 0.3) is 11.8 Å². The number of imide groups is 1. The number of rotatable bonds is 36. The fraction of sp³-hybridized carbons (Fsp3) is 0.672. The summed E-state index contributed by atoms with van der Waals surface area (Å²) in [6.45, 7) is 13.6. The Morgan fingerprint density at radius 2 is 0.899 bits per heavy atom. The number of aromatic nitrogens is 2. The Kier molecular flexibility index (Phi) is 21.7. The maximum Gasteiger partial charge on any atom is 0.263 e. The van der Waals surface area contributed by atoms with Crippen LogP contribution >= 0.6 is 34.0 Å². The molecule has 0 N–H and O–H groups in total. The standard InChI is InChI=1S/C61H91N3O2S3/c1-7-13-18-22-26-30-35-46(36-31-27-23-19-14-8-2)62-51-39-40-67-57(51)48-41-53-49(42-52(48)62)58-54(63(53)47(37-32-28-24-20-15-9-3)38-33-29-25-21-16-10-4)43-55(69-58)59-56-50(44-68-59)60(65)64(61(56)66)45(12-6)34-17-11-5/h39-47H,7-38H2,1-6H3.